The van der Waals surface area contributed by atoms with Crippen molar-refractivity contribution in [3.63, 3.8) is 0 Å². The van der Waals surface area contributed by atoms with Gasteiger partial charge in [0.2, 0.25) is 0 Å². The Bertz CT molecular complexity index is 437. The average Bonchev–Trinajstić information content (AvgIpc) is 2.18. The zero-order valence-corrected chi connectivity index (χ0v) is 9.41. The molecule has 0 amide bonds. The van der Waals surface area contributed by atoms with Crippen LogP contribution >= 0.6 is 23.0 Å². The SMILES string of the molecule is Cc1ccc2ccccc2c1OI. The summed E-state index contributed by atoms with van der Waals surface area (Å²) in [6.07, 6.45) is 0. The largest absolute Gasteiger partial charge is 0.427 e. The van der Waals surface area contributed by atoms with E-state index in [0.717, 1.165) is 5.75 Å². The molecule has 0 saturated carbocycles. The average molecular weight is 284 g/mol. The number of aryl methyl sites for hydroxylation is 1. The van der Waals surface area contributed by atoms with Crippen molar-refractivity contribution in [1.82, 2.24) is 0 Å². The minimum absolute atomic E-state index is 0.971. The van der Waals surface area contributed by atoms with Gasteiger partial charge in [0.05, 0.1) is 0 Å². The van der Waals surface area contributed by atoms with E-state index in [0.29, 0.717) is 0 Å². The monoisotopic (exact) mass is 284 g/mol. The first-order valence-electron chi connectivity index (χ1n) is 4.10. The van der Waals surface area contributed by atoms with Crippen molar-refractivity contribution >= 4 is 33.8 Å². The van der Waals surface area contributed by atoms with Gasteiger partial charge in [-0.25, -0.2) is 0 Å². The molecule has 66 valence electrons. The van der Waals surface area contributed by atoms with Crippen molar-refractivity contribution in [3.05, 3.63) is 42.0 Å². The van der Waals surface area contributed by atoms with Crippen molar-refractivity contribution in [2.75, 3.05) is 0 Å². The molecule has 0 aliphatic carbocycles. The van der Waals surface area contributed by atoms with E-state index in [1.54, 1.807) is 0 Å². The van der Waals surface area contributed by atoms with E-state index in [9.17, 15) is 0 Å². The Labute approximate surface area is 91.4 Å². The number of rotatable bonds is 1. The molecule has 0 aliphatic rings. The predicted molar refractivity (Wildman–Crippen MR) is 63.3 cm³/mol. The molecule has 0 aliphatic heterocycles. The van der Waals surface area contributed by atoms with Crippen molar-refractivity contribution < 1.29 is 3.07 Å². The van der Waals surface area contributed by atoms with E-state index in [2.05, 4.69) is 31.2 Å². The first-order chi connectivity index (χ1) is 6.33. The molecule has 2 aromatic rings. The third-order valence-electron chi connectivity index (χ3n) is 2.15. The summed E-state index contributed by atoms with van der Waals surface area (Å²) < 4.78 is 5.33. The summed E-state index contributed by atoms with van der Waals surface area (Å²) in [5.74, 6) is 0.971. The van der Waals surface area contributed by atoms with E-state index < -0.39 is 0 Å². The van der Waals surface area contributed by atoms with Crippen molar-refractivity contribution in [3.8, 4) is 5.75 Å². The smallest absolute Gasteiger partial charge is 0.192 e. The molecule has 0 saturated heterocycles. The Kier molecular flexibility index (Phi) is 2.40. The van der Waals surface area contributed by atoms with Crippen LogP contribution < -0.4 is 3.07 Å². The molecule has 0 radical (unpaired) electrons. The summed E-state index contributed by atoms with van der Waals surface area (Å²) >= 11 is 1.93. The predicted octanol–water partition coefficient (Wildman–Crippen LogP) is 3.88. The van der Waals surface area contributed by atoms with Crippen molar-refractivity contribution in [2.45, 2.75) is 6.92 Å². The zero-order valence-electron chi connectivity index (χ0n) is 7.25. The van der Waals surface area contributed by atoms with Gasteiger partial charge in [-0.15, -0.1) is 0 Å². The van der Waals surface area contributed by atoms with Crippen LogP contribution in [0.5, 0.6) is 5.75 Å². The molecule has 0 aromatic heterocycles. The molecule has 0 bridgehead atoms. The summed E-state index contributed by atoms with van der Waals surface area (Å²) in [6.45, 7) is 2.06. The Hall–Kier alpha value is -0.770. The lowest BCUT2D eigenvalue weighted by molar-refractivity contribution is 0.718. The molecule has 13 heavy (non-hydrogen) atoms. The molecule has 2 heteroatoms. The summed E-state index contributed by atoms with van der Waals surface area (Å²) in [5, 5.41) is 2.40. The lowest BCUT2D eigenvalue weighted by Crippen LogP contribution is -1.82. The Balaban J connectivity index is 2.84. The van der Waals surface area contributed by atoms with Crippen LogP contribution in [0.25, 0.3) is 10.8 Å². The van der Waals surface area contributed by atoms with Gasteiger partial charge in [-0.1, -0.05) is 36.4 Å². The van der Waals surface area contributed by atoms with E-state index in [1.165, 1.54) is 16.3 Å². The Morgan fingerprint density at radius 2 is 1.85 bits per heavy atom. The van der Waals surface area contributed by atoms with Crippen LogP contribution in [0.15, 0.2) is 36.4 Å². The molecule has 0 spiro atoms. The highest BCUT2D eigenvalue weighted by atomic mass is 127. The highest BCUT2D eigenvalue weighted by Crippen LogP contribution is 2.30. The van der Waals surface area contributed by atoms with Gasteiger partial charge in [0, 0.05) is 5.39 Å². The van der Waals surface area contributed by atoms with Crippen molar-refractivity contribution in [1.29, 1.82) is 0 Å². The fourth-order valence-electron chi connectivity index (χ4n) is 1.45. The quantitative estimate of drug-likeness (QED) is 0.722. The minimum atomic E-state index is 0.971. The van der Waals surface area contributed by atoms with Crippen LogP contribution in [0.4, 0.5) is 0 Å². The number of halogens is 1. The van der Waals surface area contributed by atoms with Gasteiger partial charge in [0.25, 0.3) is 0 Å². The summed E-state index contributed by atoms with van der Waals surface area (Å²) in [7, 11) is 0. The van der Waals surface area contributed by atoms with Crippen LogP contribution in [0.3, 0.4) is 0 Å². The number of fused-ring (bicyclic) bond motifs is 1. The minimum Gasteiger partial charge on any atom is -0.427 e. The molecule has 0 N–H and O–H groups in total. The third-order valence-corrected chi connectivity index (χ3v) is 2.59. The second-order valence-electron chi connectivity index (χ2n) is 3.01. The highest BCUT2D eigenvalue weighted by Gasteiger charge is 2.03. The molecule has 1 nitrogen and oxygen atoms in total. The lowest BCUT2D eigenvalue weighted by Gasteiger charge is -2.06. The second-order valence-corrected chi connectivity index (χ2v) is 3.45. The van der Waals surface area contributed by atoms with Gasteiger partial charge in [-0.2, -0.15) is 0 Å². The molecule has 2 aromatic carbocycles. The van der Waals surface area contributed by atoms with Crippen LogP contribution in [0.2, 0.25) is 0 Å². The fourth-order valence-corrected chi connectivity index (χ4v) is 2.04. The van der Waals surface area contributed by atoms with E-state index >= 15 is 0 Å². The van der Waals surface area contributed by atoms with Crippen LogP contribution in [-0.4, -0.2) is 0 Å². The van der Waals surface area contributed by atoms with Gasteiger partial charge in [0.1, 0.15) is 5.75 Å². The number of hydrogen-bond donors (Lipinski definition) is 0. The molecular formula is C11H9IO. The number of hydrogen-bond acceptors (Lipinski definition) is 1. The maximum absolute atomic E-state index is 5.33. The third kappa shape index (κ3) is 1.50. The van der Waals surface area contributed by atoms with E-state index in [4.69, 9.17) is 3.07 Å². The highest BCUT2D eigenvalue weighted by molar-refractivity contribution is 14.1. The summed E-state index contributed by atoms with van der Waals surface area (Å²) in [6, 6.07) is 12.4. The van der Waals surface area contributed by atoms with Crippen LogP contribution in [-0.2, 0) is 0 Å². The topological polar surface area (TPSA) is 9.23 Å². The van der Waals surface area contributed by atoms with Gasteiger partial charge in [0.15, 0.2) is 23.0 Å². The maximum Gasteiger partial charge on any atom is 0.192 e. The lowest BCUT2D eigenvalue weighted by atomic mass is 10.1. The standard InChI is InChI=1S/C11H9IO/c1-8-6-7-9-4-2-3-5-10(9)11(8)13-12/h2-7H,1H3. The normalized spacial score (nSPS) is 10.3. The second kappa shape index (κ2) is 3.54. The van der Waals surface area contributed by atoms with E-state index in [-0.39, 0.29) is 0 Å². The van der Waals surface area contributed by atoms with Crippen LogP contribution in [0, 0.1) is 6.92 Å². The summed E-state index contributed by atoms with van der Waals surface area (Å²) in [4.78, 5) is 0. The van der Waals surface area contributed by atoms with Gasteiger partial charge >= 0.3 is 0 Å². The molecule has 0 heterocycles. The first-order valence-corrected chi connectivity index (χ1v) is 4.98. The van der Waals surface area contributed by atoms with Gasteiger partial charge < -0.3 is 3.07 Å². The molecule has 0 atom stereocenters. The fraction of sp³-hybridized carbons (Fsp3) is 0.0909. The zero-order chi connectivity index (χ0) is 9.26. The van der Waals surface area contributed by atoms with Crippen LogP contribution in [0.1, 0.15) is 5.56 Å². The molecule has 0 unspecified atom stereocenters. The van der Waals surface area contributed by atoms with Crippen molar-refractivity contribution in [2.24, 2.45) is 0 Å². The van der Waals surface area contributed by atoms with Gasteiger partial charge in [-0.05, 0) is 17.9 Å². The summed E-state index contributed by atoms with van der Waals surface area (Å²) in [5.41, 5.74) is 1.17. The molecular weight excluding hydrogens is 275 g/mol. The maximum atomic E-state index is 5.33. The van der Waals surface area contributed by atoms with E-state index in [1.807, 2.05) is 35.1 Å². The molecule has 0 fully saturated rings. The molecule has 2 rings (SSSR count). The first kappa shape index (κ1) is 8.81. The van der Waals surface area contributed by atoms with Gasteiger partial charge in [-0.3, -0.25) is 0 Å². The number of benzene rings is 2. The Morgan fingerprint density at radius 3 is 2.62 bits per heavy atom. The Morgan fingerprint density at radius 1 is 1.08 bits per heavy atom.